The summed E-state index contributed by atoms with van der Waals surface area (Å²) in [5.74, 6) is 0. The van der Waals surface area contributed by atoms with Crippen molar-refractivity contribution in [2.75, 3.05) is 6.54 Å². The summed E-state index contributed by atoms with van der Waals surface area (Å²) >= 11 is 1.72. The van der Waals surface area contributed by atoms with Crippen molar-refractivity contribution in [3.63, 3.8) is 0 Å². The number of aromatic nitrogens is 1. The second kappa shape index (κ2) is 7.31. The van der Waals surface area contributed by atoms with Crippen molar-refractivity contribution in [3.05, 3.63) is 53.7 Å². The minimum absolute atomic E-state index is 0.948. The standard InChI is InChI=1S/C16H20N2S/c1-3-9-17-12-14-7-8-15(13(2)11-14)19-16-6-4-5-10-18-16/h4-8,10-11,17H,3,9,12H2,1-2H3. The van der Waals surface area contributed by atoms with Crippen molar-refractivity contribution in [3.8, 4) is 0 Å². The minimum atomic E-state index is 0.948. The predicted octanol–water partition coefficient (Wildman–Crippen LogP) is 4.04. The Morgan fingerprint density at radius 1 is 1.21 bits per heavy atom. The molecule has 3 heteroatoms. The zero-order valence-electron chi connectivity index (χ0n) is 11.5. The van der Waals surface area contributed by atoms with Crippen LogP contribution in [0.4, 0.5) is 0 Å². The van der Waals surface area contributed by atoms with Gasteiger partial charge in [0.25, 0.3) is 0 Å². The Labute approximate surface area is 119 Å². The van der Waals surface area contributed by atoms with Crippen molar-refractivity contribution >= 4 is 11.8 Å². The van der Waals surface area contributed by atoms with Gasteiger partial charge in [-0.2, -0.15) is 0 Å². The third-order valence-corrected chi connectivity index (χ3v) is 3.98. The third kappa shape index (κ3) is 4.37. The van der Waals surface area contributed by atoms with Gasteiger partial charge in [0.1, 0.15) is 5.03 Å². The van der Waals surface area contributed by atoms with E-state index in [0.29, 0.717) is 0 Å². The summed E-state index contributed by atoms with van der Waals surface area (Å²) in [7, 11) is 0. The highest BCUT2D eigenvalue weighted by Gasteiger charge is 2.03. The van der Waals surface area contributed by atoms with Gasteiger partial charge in [-0.1, -0.05) is 36.9 Å². The SMILES string of the molecule is CCCNCc1ccc(Sc2ccccn2)c(C)c1. The molecular formula is C16H20N2S. The van der Waals surface area contributed by atoms with E-state index in [1.54, 1.807) is 11.8 Å². The Morgan fingerprint density at radius 2 is 2.11 bits per heavy atom. The van der Waals surface area contributed by atoms with Crippen LogP contribution in [0.3, 0.4) is 0 Å². The largest absolute Gasteiger partial charge is 0.313 e. The van der Waals surface area contributed by atoms with Gasteiger partial charge in [0.2, 0.25) is 0 Å². The van der Waals surface area contributed by atoms with E-state index in [1.165, 1.54) is 22.4 Å². The molecule has 0 atom stereocenters. The number of rotatable bonds is 6. The molecule has 0 fully saturated rings. The van der Waals surface area contributed by atoms with Gasteiger partial charge in [-0.15, -0.1) is 0 Å². The fourth-order valence-electron chi connectivity index (χ4n) is 1.87. The van der Waals surface area contributed by atoms with Gasteiger partial charge in [0.05, 0.1) is 0 Å². The number of nitrogens with one attached hydrogen (secondary N) is 1. The molecule has 2 aromatic rings. The second-order valence-electron chi connectivity index (χ2n) is 4.55. The van der Waals surface area contributed by atoms with E-state index in [4.69, 9.17) is 0 Å². The summed E-state index contributed by atoms with van der Waals surface area (Å²) in [6, 6.07) is 12.7. The predicted molar refractivity (Wildman–Crippen MR) is 81.5 cm³/mol. The summed E-state index contributed by atoms with van der Waals surface area (Å²) in [6.07, 6.45) is 3.01. The van der Waals surface area contributed by atoms with E-state index >= 15 is 0 Å². The van der Waals surface area contributed by atoms with Crippen LogP contribution >= 0.6 is 11.8 Å². The second-order valence-corrected chi connectivity index (χ2v) is 5.61. The van der Waals surface area contributed by atoms with Gasteiger partial charge in [0.15, 0.2) is 0 Å². The Morgan fingerprint density at radius 3 is 2.79 bits per heavy atom. The molecule has 2 nitrogen and oxygen atoms in total. The summed E-state index contributed by atoms with van der Waals surface area (Å²) in [4.78, 5) is 5.62. The average molecular weight is 272 g/mol. The molecule has 0 aliphatic heterocycles. The summed E-state index contributed by atoms with van der Waals surface area (Å²) in [5, 5.41) is 4.47. The molecule has 0 amide bonds. The van der Waals surface area contributed by atoms with Gasteiger partial charge in [-0.05, 0) is 49.2 Å². The van der Waals surface area contributed by atoms with Crippen LogP contribution in [0.25, 0.3) is 0 Å². The molecule has 0 radical (unpaired) electrons. The van der Waals surface area contributed by atoms with Crippen LogP contribution in [0.1, 0.15) is 24.5 Å². The van der Waals surface area contributed by atoms with Crippen LogP contribution in [0.2, 0.25) is 0 Å². The van der Waals surface area contributed by atoms with E-state index < -0.39 is 0 Å². The third-order valence-electron chi connectivity index (χ3n) is 2.85. The highest BCUT2D eigenvalue weighted by Crippen LogP contribution is 2.29. The van der Waals surface area contributed by atoms with E-state index in [2.05, 4.69) is 42.3 Å². The molecule has 1 N–H and O–H groups in total. The van der Waals surface area contributed by atoms with Crippen molar-refractivity contribution in [2.24, 2.45) is 0 Å². The topological polar surface area (TPSA) is 24.9 Å². The zero-order chi connectivity index (χ0) is 13.5. The van der Waals surface area contributed by atoms with E-state index in [0.717, 1.165) is 18.1 Å². The van der Waals surface area contributed by atoms with Gasteiger partial charge in [0, 0.05) is 17.6 Å². The number of hydrogen-bond donors (Lipinski definition) is 1. The molecule has 19 heavy (non-hydrogen) atoms. The number of hydrogen-bond acceptors (Lipinski definition) is 3. The van der Waals surface area contributed by atoms with Crippen LogP contribution in [0.5, 0.6) is 0 Å². The highest BCUT2D eigenvalue weighted by atomic mass is 32.2. The molecule has 1 aromatic heterocycles. The molecule has 1 aromatic carbocycles. The lowest BCUT2D eigenvalue weighted by molar-refractivity contribution is 0.675. The molecule has 0 bridgehead atoms. The molecular weight excluding hydrogens is 252 g/mol. The van der Waals surface area contributed by atoms with Gasteiger partial charge >= 0.3 is 0 Å². The Balaban J connectivity index is 2.03. The average Bonchev–Trinajstić information content (AvgIpc) is 2.43. The van der Waals surface area contributed by atoms with Crippen LogP contribution < -0.4 is 5.32 Å². The maximum absolute atomic E-state index is 4.35. The normalized spacial score (nSPS) is 10.6. The molecule has 0 aliphatic rings. The van der Waals surface area contributed by atoms with Gasteiger partial charge in [-0.25, -0.2) is 4.98 Å². The van der Waals surface area contributed by atoms with Crippen molar-refractivity contribution in [1.82, 2.24) is 10.3 Å². The quantitative estimate of drug-likeness (QED) is 0.803. The monoisotopic (exact) mass is 272 g/mol. The van der Waals surface area contributed by atoms with E-state index in [9.17, 15) is 0 Å². The van der Waals surface area contributed by atoms with Crippen LogP contribution in [-0.2, 0) is 6.54 Å². The number of nitrogens with zero attached hydrogens (tertiary/aromatic N) is 1. The lowest BCUT2D eigenvalue weighted by Gasteiger charge is -2.08. The molecule has 0 saturated carbocycles. The first-order chi connectivity index (χ1) is 9.29. The Kier molecular flexibility index (Phi) is 5.43. The lowest BCUT2D eigenvalue weighted by atomic mass is 10.1. The molecule has 100 valence electrons. The van der Waals surface area contributed by atoms with Gasteiger partial charge in [-0.3, -0.25) is 0 Å². The fourth-order valence-corrected chi connectivity index (χ4v) is 2.71. The van der Waals surface area contributed by atoms with E-state index in [1.807, 2.05) is 24.4 Å². The summed E-state index contributed by atoms with van der Waals surface area (Å²) in [6.45, 7) is 6.37. The molecule has 0 unspecified atom stereocenters. The molecule has 1 heterocycles. The first-order valence-corrected chi connectivity index (χ1v) is 7.50. The minimum Gasteiger partial charge on any atom is -0.313 e. The molecule has 0 spiro atoms. The maximum Gasteiger partial charge on any atom is 0.101 e. The van der Waals surface area contributed by atoms with Crippen molar-refractivity contribution < 1.29 is 0 Å². The number of aryl methyl sites for hydroxylation is 1. The Bertz CT molecular complexity index is 511. The first kappa shape index (κ1) is 14.1. The molecule has 2 rings (SSSR count). The van der Waals surface area contributed by atoms with Crippen molar-refractivity contribution in [1.29, 1.82) is 0 Å². The highest BCUT2D eigenvalue weighted by molar-refractivity contribution is 7.99. The number of benzene rings is 1. The fraction of sp³-hybridized carbons (Fsp3) is 0.312. The number of pyridine rings is 1. The first-order valence-electron chi connectivity index (χ1n) is 6.68. The smallest absolute Gasteiger partial charge is 0.101 e. The maximum atomic E-state index is 4.35. The summed E-state index contributed by atoms with van der Waals surface area (Å²) in [5.41, 5.74) is 2.66. The molecule has 0 saturated heterocycles. The van der Waals surface area contributed by atoms with Crippen LogP contribution in [-0.4, -0.2) is 11.5 Å². The van der Waals surface area contributed by atoms with Crippen LogP contribution in [0.15, 0.2) is 52.5 Å². The van der Waals surface area contributed by atoms with Gasteiger partial charge < -0.3 is 5.32 Å². The summed E-state index contributed by atoms with van der Waals surface area (Å²) < 4.78 is 0. The molecule has 0 aliphatic carbocycles. The van der Waals surface area contributed by atoms with Crippen LogP contribution in [0, 0.1) is 6.92 Å². The van der Waals surface area contributed by atoms with Crippen molar-refractivity contribution in [2.45, 2.75) is 36.7 Å². The zero-order valence-corrected chi connectivity index (χ0v) is 12.3. The lowest BCUT2D eigenvalue weighted by Crippen LogP contribution is -2.13. The van der Waals surface area contributed by atoms with E-state index in [-0.39, 0.29) is 0 Å². The Hall–Kier alpha value is -1.32.